The van der Waals surface area contributed by atoms with Crippen LogP contribution in [0.4, 0.5) is 5.69 Å². The Hall–Kier alpha value is -4.22. The van der Waals surface area contributed by atoms with Gasteiger partial charge in [0.1, 0.15) is 5.75 Å². The van der Waals surface area contributed by atoms with Gasteiger partial charge in [-0.1, -0.05) is 90.5 Å². The zero-order chi connectivity index (χ0) is 25.3. The van der Waals surface area contributed by atoms with Crippen LogP contribution in [0.25, 0.3) is 16.3 Å². The van der Waals surface area contributed by atoms with Gasteiger partial charge in [0.05, 0.1) is 28.5 Å². The Morgan fingerprint density at radius 3 is 2.24 bits per heavy atom. The molecule has 1 aliphatic carbocycles. The fraction of sp³-hybridized carbons (Fsp3) is 0.129. The lowest BCUT2D eigenvalue weighted by Gasteiger charge is -2.38. The van der Waals surface area contributed by atoms with E-state index >= 15 is 0 Å². The minimum atomic E-state index is -0.909. The van der Waals surface area contributed by atoms with E-state index in [-0.39, 0.29) is 5.91 Å². The van der Waals surface area contributed by atoms with E-state index in [1.165, 1.54) is 0 Å². The topological polar surface area (TPSA) is 63.7 Å². The first kappa shape index (κ1) is 22.0. The van der Waals surface area contributed by atoms with Gasteiger partial charge in [-0.2, -0.15) is 0 Å². The summed E-state index contributed by atoms with van der Waals surface area (Å²) in [6.45, 7) is 0. The molecule has 4 aromatic rings. The number of carbonyl (C=O) groups excluding carboxylic acids is 3. The van der Waals surface area contributed by atoms with Crippen LogP contribution >= 0.6 is 11.6 Å². The predicted molar refractivity (Wildman–Crippen MR) is 141 cm³/mol. The van der Waals surface area contributed by atoms with Crippen LogP contribution in [-0.2, 0) is 14.4 Å². The average Bonchev–Trinajstić information content (AvgIpc) is 3.18. The van der Waals surface area contributed by atoms with Crippen molar-refractivity contribution in [2.24, 2.45) is 17.8 Å². The summed E-state index contributed by atoms with van der Waals surface area (Å²) in [5, 5.41) is 2.24. The molecule has 0 radical (unpaired) electrons. The van der Waals surface area contributed by atoms with E-state index in [1.807, 2.05) is 66.7 Å². The highest BCUT2D eigenvalue weighted by molar-refractivity contribution is 6.36. The van der Waals surface area contributed by atoms with Crippen LogP contribution in [0, 0.1) is 17.8 Å². The highest BCUT2D eigenvalue weighted by atomic mass is 35.5. The van der Waals surface area contributed by atoms with Gasteiger partial charge in [-0.15, -0.1) is 0 Å². The van der Waals surface area contributed by atoms with Crippen molar-refractivity contribution in [2.75, 3.05) is 4.90 Å². The second kappa shape index (κ2) is 8.15. The molecule has 6 heteroatoms. The van der Waals surface area contributed by atoms with Gasteiger partial charge in [0.2, 0.25) is 11.8 Å². The number of imide groups is 1. The summed E-state index contributed by atoms with van der Waals surface area (Å²) in [6, 6.07) is 28.1. The lowest BCUT2D eigenvalue weighted by molar-refractivity contribution is -0.142. The van der Waals surface area contributed by atoms with Gasteiger partial charge in [-0.25, -0.2) is 4.90 Å². The molecule has 2 aliphatic heterocycles. The Balaban J connectivity index is 1.48. The molecule has 4 atom stereocenters. The molecule has 0 aromatic heterocycles. The number of halogens is 1. The van der Waals surface area contributed by atoms with Crippen molar-refractivity contribution in [3.8, 4) is 5.75 Å². The molecule has 4 aromatic carbocycles. The van der Waals surface area contributed by atoms with Crippen LogP contribution in [0.1, 0.15) is 17.0 Å². The standard InChI is InChI=1S/C31H20ClNO4/c32-22-12-6-7-13-23(22)33-29(34)26-20(17-8-2-1-3-9-17)16-21-25-19-11-5-4-10-18(19)14-15-24(25)37-31(36)27(21)28(26)30(33)35/h1-16,20,26-28H/t20-,26+,27+,28+/m1/s1. The minimum absolute atomic E-state index is 0.301. The minimum Gasteiger partial charge on any atom is -0.425 e. The fourth-order valence-corrected chi connectivity index (χ4v) is 6.42. The number of allylic oxidation sites excluding steroid dienone is 1. The molecule has 37 heavy (non-hydrogen) atoms. The largest absolute Gasteiger partial charge is 0.425 e. The van der Waals surface area contributed by atoms with Crippen LogP contribution in [0.15, 0.2) is 97.1 Å². The SMILES string of the molecule is O=C1Oc2ccc3ccccc3c2C2=C[C@H](c3ccccc3)[C@@H]3C(=O)N(c4ccccc4Cl)C(=O)[C@@H]3[C@@H]12. The van der Waals surface area contributed by atoms with Crippen LogP contribution in [0.2, 0.25) is 5.02 Å². The number of amides is 2. The van der Waals surface area contributed by atoms with E-state index < -0.39 is 35.5 Å². The number of esters is 1. The summed E-state index contributed by atoms with van der Waals surface area (Å²) in [4.78, 5) is 42.7. The predicted octanol–water partition coefficient (Wildman–Crippen LogP) is 6.02. The Bertz CT molecular complexity index is 1660. The third-order valence-corrected chi connectivity index (χ3v) is 8.08. The monoisotopic (exact) mass is 505 g/mol. The summed E-state index contributed by atoms with van der Waals surface area (Å²) < 4.78 is 5.82. The molecule has 5 nitrogen and oxygen atoms in total. The molecule has 7 rings (SSSR count). The second-order valence-corrected chi connectivity index (χ2v) is 10.0. The lowest BCUT2D eigenvalue weighted by Crippen LogP contribution is -2.42. The van der Waals surface area contributed by atoms with Gasteiger partial charge in [0, 0.05) is 11.5 Å². The zero-order valence-electron chi connectivity index (χ0n) is 19.5. The number of benzene rings is 4. The molecule has 180 valence electrons. The number of hydrogen-bond acceptors (Lipinski definition) is 4. The molecule has 1 saturated heterocycles. The molecule has 0 unspecified atom stereocenters. The smallest absolute Gasteiger partial charge is 0.319 e. The van der Waals surface area contributed by atoms with Crippen molar-refractivity contribution in [2.45, 2.75) is 5.92 Å². The number of rotatable bonds is 2. The number of hydrogen-bond donors (Lipinski definition) is 0. The summed E-state index contributed by atoms with van der Waals surface area (Å²) in [5.74, 6) is -3.80. The Kier molecular flexibility index (Phi) is 4.85. The number of para-hydroxylation sites is 1. The van der Waals surface area contributed by atoms with E-state index in [0.717, 1.165) is 32.4 Å². The molecule has 2 amide bonds. The molecular weight excluding hydrogens is 486 g/mol. The van der Waals surface area contributed by atoms with Gasteiger partial charge in [0.15, 0.2) is 0 Å². The first-order chi connectivity index (χ1) is 18.0. The first-order valence-electron chi connectivity index (χ1n) is 12.2. The Morgan fingerprint density at radius 2 is 1.43 bits per heavy atom. The molecule has 3 aliphatic rings. The molecule has 1 fully saturated rings. The molecule has 0 N–H and O–H groups in total. The maximum atomic E-state index is 14.1. The average molecular weight is 506 g/mol. The van der Waals surface area contributed by atoms with Gasteiger partial charge in [-0.3, -0.25) is 14.4 Å². The number of fused-ring (bicyclic) bond motifs is 7. The van der Waals surface area contributed by atoms with Crippen LogP contribution in [-0.4, -0.2) is 17.8 Å². The van der Waals surface area contributed by atoms with E-state index in [2.05, 4.69) is 0 Å². The number of ether oxygens (including phenoxy) is 1. The zero-order valence-corrected chi connectivity index (χ0v) is 20.3. The fourth-order valence-electron chi connectivity index (χ4n) is 6.20. The number of carbonyl (C=O) groups is 3. The highest BCUT2D eigenvalue weighted by Gasteiger charge is 2.60. The Morgan fingerprint density at radius 1 is 0.730 bits per heavy atom. The quantitative estimate of drug-likeness (QED) is 0.190. The van der Waals surface area contributed by atoms with E-state index in [4.69, 9.17) is 16.3 Å². The summed E-state index contributed by atoms with van der Waals surface area (Å²) in [6.07, 6.45) is 2.01. The van der Waals surface area contributed by atoms with Crippen LogP contribution < -0.4 is 9.64 Å². The normalized spacial score (nSPS) is 24.3. The first-order valence-corrected chi connectivity index (χ1v) is 12.5. The van der Waals surface area contributed by atoms with Crippen molar-refractivity contribution in [1.29, 1.82) is 0 Å². The number of nitrogens with zero attached hydrogens (tertiary/aromatic N) is 1. The van der Waals surface area contributed by atoms with Crippen molar-refractivity contribution in [1.82, 2.24) is 0 Å². The van der Waals surface area contributed by atoms with Gasteiger partial charge >= 0.3 is 5.97 Å². The molecule has 0 bridgehead atoms. The van der Waals surface area contributed by atoms with Gasteiger partial charge < -0.3 is 4.74 Å². The van der Waals surface area contributed by atoms with Crippen LogP contribution in [0.5, 0.6) is 5.75 Å². The lowest BCUT2D eigenvalue weighted by atomic mass is 9.64. The number of anilines is 1. The maximum absolute atomic E-state index is 14.1. The maximum Gasteiger partial charge on any atom is 0.319 e. The van der Waals surface area contributed by atoms with Crippen molar-refractivity contribution in [3.05, 3.63) is 113 Å². The van der Waals surface area contributed by atoms with Gasteiger partial charge in [-0.05, 0) is 40.1 Å². The third kappa shape index (κ3) is 3.14. The van der Waals surface area contributed by atoms with Crippen molar-refractivity contribution < 1.29 is 19.1 Å². The van der Waals surface area contributed by atoms with Gasteiger partial charge in [0.25, 0.3) is 0 Å². The van der Waals surface area contributed by atoms with Crippen LogP contribution in [0.3, 0.4) is 0 Å². The Labute approximate surface area is 217 Å². The second-order valence-electron chi connectivity index (χ2n) is 9.63. The molecule has 0 spiro atoms. The van der Waals surface area contributed by atoms with Crippen molar-refractivity contribution >= 4 is 51.4 Å². The molecular formula is C31H20ClNO4. The highest BCUT2D eigenvalue weighted by Crippen LogP contribution is 2.56. The van der Waals surface area contributed by atoms with E-state index in [0.29, 0.717) is 16.5 Å². The molecule has 2 heterocycles. The summed E-state index contributed by atoms with van der Waals surface area (Å²) >= 11 is 6.43. The molecule has 0 saturated carbocycles. The van der Waals surface area contributed by atoms with E-state index in [9.17, 15) is 14.4 Å². The van der Waals surface area contributed by atoms with E-state index in [1.54, 1.807) is 30.3 Å². The summed E-state index contributed by atoms with van der Waals surface area (Å²) in [7, 11) is 0. The van der Waals surface area contributed by atoms with Crippen molar-refractivity contribution in [3.63, 3.8) is 0 Å². The third-order valence-electron chi connectivity index (χ3n) is 7.76. The summed E-state index contributed by atoms with van der Waals surface area (Å²) in [5.41, 5.74) is 2.78.